The third-order valence-corrected chi connectivity index (χ3v) is 3.10. The fourth-order valence-electron chi connectivity index (χ4n) is 1.93. The molecule has 5 heteroatoms. The van der Waals surface area contributed by atoms with Crippen LogP contribution >= 0.6 is 0 Å². The summed E-state index contributed by atoms with van der Waals surface area (Å²) in [6.07, 6.45) is 2.76. The second-order valence-corrected chi connectivity index (χ2v) is 4.43. The lowest BCUT2D eigenvalue weighted by Crippen LogP contribution is -2.45. The van der Waals surface area contributed by atoms with Crippen molar-refractivity contribution in [3.05, 3.63) is 0 Å². The second-order valence-electron chi connectivity index (χ2n) is 4.43. The van der Waals surface area contributed by atoms with Gasteiger partial charge in [-0.05, 0) is 25.8 Å². The maximum Gasteiger partial charge on any atom is 0.239 e. The van der Waals surface area contributed by atoms with E-state index in [-0.39, 0.29) is 24.4 Å². The Bertz CT molecular complexity index is 264. The summed E-state index contributed by atoms with van der Waals surface area (Å²) >= 11 is 0. The molecule has 17 heavy (non-hydrogen) atoms. The minimum atomic E-state index is -0.0473. The van der Waals surface area contributed by atoms with Crippen LogP contribution in [0.3, 0.4) is 0 Å². The van der Waals surface area contributed by atoms with Crippen LogP contribution in [0, 0.1) is 0 Å². The molecule has 0 aromatic carbocycles. The highest BCUT2D eigenvalue weighted by Crippen LogP contribution is 1.99. The number of carbonyl (C=O) groups is 2. The van der Waals surface area contributed by atoms with Crippen molar-refractivity contribution in [2.24, 2.45) is 0 Å². The van der Waals surface area contributed by atoms with E-state index in [2.05, 4.69) is 24.5 Å². The number of hydrogen-bond donors (Lipinski definition) is 2. The average Bonchev–Trinajstić information content (AvgIpc) is 2.52. The predicted octanol–water partition coefficient (Wildman–Crippen LogP) is 0.113. The van der Waals surface area contributed by atoms with Gasteiger partial charge in [0.05, 0.1) is 13.1 Å². The van der Waals surface area contributed by atoms with Gasteiger partial charge in [0.15, 0.2) is 0 Å². The van der Waals surface area contributed by atoms with Gasteiger partial charge in [0, 0.05) is 12.6 Å². The van der Waals surface area contributed by atoms with Crippen molar-refractivity contribution < 1.29 is 9.59 Å². The second kappa shape index (κ2) is 7.27. The molecule has 1 aliphatic rings. The Hall–Kier alpha value is -1.10. The molecular weight excluding hydrogens is 218 g/mol. The zero-order valence-electron chi connectivity index (χ0n) is 10.8. The van der Waals surface area contributed by atoms with Crippen LogP contribution in [0.5, 0.6) is 0 Å². The zero-order valence-corrected chi connectivity index (χ0v) is 10.8. The van der Waals surface area contributed by atoms with Crippen molar-refractivity contribution >= 4 is 11.8 Å². The van der Waals surface area contributed by atoms with Gasteiger partial charge in [-0.15, -0.1) is 0 Å². The molecule has 0 spiro atoms. The van der Waals surface area contributed by atoms with Crippen LogP contribution in [0.25, 0.3) is 0 Å². The van der Waals surface area contributed by atoms with E-state index < -0.39 is 0 Å². The molecule has 0 atom stereocenters. The standard InChI is InChI=1S/C12H23N3O2/c1-3-10(4-2)14-11(16)9-15-7-5-6-13-8-12(15)17/h10,13H,3-9H2,1-2H3,(H,14,16). The third-order valence-electron chi connectivity index (χ3n) is 3.10. The highest BCUT2D eigenvalue weighted by atomic mass is 16.2. The molecule has 1 fully saturated rings. The lowest BCUT2D eigenvalue weighted by Gasteiger charge is -2.21. The van der Waals surface area contributed by atoms with Gasteiger partial charge in [-0.3, -0.25) is 9.59 Å². The van der Waals surface area contributed by atoms with Crippen molar-refractivity contribution in [2.45, 2.75) is 39.2 Å². The Morgan fingerprint density at radius 2 is 2.18 bits per heavy atom. The first kappa shape index (κ1) is 14.0. The first-order chi connectivity index (χ1) is 8.17. The summed E-state index contributed by atoms with van der Waals surface area (Å²) < 4.78 is 0. The van der Waals surface area contributed by atoms with Crippen LogP contribution in [0.15, 0.2) is 0 Å². The summed E-state index contributed by atoms with van der Waals surface area (Å²) in [4.78, 5) is 25.1. The molecule has 2 N–H and O–H groups in total. The molecule has 2 amide bonds. The monoisotopic (exact) mass is 241 g/mol. The number of nitrogens with one attached hydrogen (secondary N) is 2. The number of carbonyl (C=O) groups excluding carboxylic acids is 2. The molecule has 1 aliphatic heterocycles. The molecule has 0 radical (unpaired) electrons. The maximum atomic E-state index is 11.8. The van der Waals surface area contributed by atoms with E-state index in [1.54, 1.807) is 4.90 Å². The smallest absolute Gasteiger partial charge is 0.239 e. The molecule has 5 nitrogen and oxygen atoms in total. The first-order valence-corrected chi connectivity index (χ1v) is 6.45. The van der Waals surface area contributed by atoms with Crippen LogP contribution in [-0.4, -0.2) is 48.9 Å². The molecule has 1 saturated heterocycles. The Balaban J connectivity index is 2.40. The van der Waals surface area contributed by atoms with Crippen LogP contribution in [-0.2, 0) is 9.59 Å². The van der Waals surface area contributed by atoms with Crippen molar-refractivity contribution in [2.75, 3.05) is 26.2 Å². The van der Waals surface area contributed by atoms with Crippen LogP contribution in [0.1, 0.15) is 33.1 Å². The molecule has 0 unspecified atom stereocenters. The Morgan fingerprint density at radius 1 is 1.47 bits per heavy atom. The lowest BCUT2D eigenvalue weighted by molar-refractivity contribution is -0.135. The average molecular weight is 241 g/mol. The van der Waals surface area contributed by atoms with E-state index in [1.165, 1.54) is 0 Å². The summed E-state index contributed by atoms with van der Waals surface area (Å²) in [5, 5.41) is 5.99. The highest BCUT2D eigenvalue weighted by Gasteiger charge is 2.19. The molecule has 0 aromatic heterocycles. The van der Waals surface area contributed by atoms with E-state index in [1.807, 2.05) is 0 Å². The molecule has 98 valence electrons. The van der Waals surface area contributed by atoms with Gasteiger partial charge in [-0.2, -0.15) is 0 Å². The number of nitrogens with zero attached hydrogens (tertiary/aromatic N) is 1. The number of amides is 2. The molecular formula is C12H23N3O2. The molecule has 0 aromatic rings. The summed E-state index contributed by atoms with van der Waals surface area (Å²) in [7, 11) is 0. The van der Waals surface area contributed by atoms with Crippen molar-refractivity contribution in [3.63, 3.8) is 0 Å². The normalized spacial score (nSPS) is 17.1. The van der Waals surface area contributed by atoms with Crippen LogP contribution in [0.4, 0.5) is 0 Å². The maximum absolute atomic E-state index is 11.8. The van der Waals surface area contributed by atoms with Crippen molar-refractivity contribution in [1.29, 1.82) is 0 Å². The minimum Gasteiger partial charge on any atom is -0.352 e. The van der Waals surface area contributed by atoms with Crippen molar-refractivity contribution in [3.8, 4) is 0 Å². The number of hydrogen-bond acceptors (Lipinski definition) is 3. The first-order valence-electron chi connectivity index (χ1n) is 6.45. The Morgan fingerprint density at radius 3 is 2.82 bits per heavy atom. The van der Waals surface area contributed by atoms with Gasteiger partial charge in [-0.1, -0.05) is 13.8 Å². The van der Waals surface area contributed by atoms with Crippen LogP contribution < -0.4 is 10.6 Å². The van der Waals surface area contributed by atoms with Gasteiger partial charge in [-0.25, -0.2) is 0 Å². The van der Waals surface area contributed by atoms with Crippen molar-refractivity contribution in [1.82, 2.24) is 15.5 Å². The summed E-state index contributed by atoms with van der Waals surface area (Å²) in [6, 6.07) is 0.225. The van der Waals surface area contributed by atoms with E-state index in [0.29, 0.717) is 13.1 Å². The van der Waals surface area contributed by atoms with Gasteiger partial charge < -0.3 is 15.5 Å². The fourth-order valence-corrected chi connectivity index (χ4v) is 1.93. The molecule has 0 bridgehead atoms. The highest BCUT2D eigenvalue weighted by molar-refractivity contribution is 5.85. The Labute approximate surface area is 103 Å². The quantitative estimate of drug-likeness (QED) is 0.718. The lowest BCUT2D eigenvalue weighted by atomic mass is 10.2. The molecule has 1 rings (SSSR count). The van der Waals surface area contributed by atoms with E-state index >= 15 is 0 Å². The molecule has 0 aliphatic carbocycles. The topological polar surface area (TPSA) is 61.4 Å². The van der Waals surface area contributed by atoms with Gasteiger partial charge in [0.25, 0.3) is 0 Å². The predicted molar refractivity (Wildman–Crippen MR) is 66.6 cm³/mol. The largest absolute Gasteiger partial charge is 0.352 e. The SMILES string of the molecule is CCC(CC)NC(=O)CN1CCCNCC1=O. The van der Waals surface area contributed by atoms with E-state index in [4.69, 9.17) is 0 Å². The third kappa shape index (κ3) is 4.73. The zero-order chi connectivity index (χ0) is 12.7. The van der Waals surface area contributed by atoms with Gasteiger partial charge >= 0.3 is 0 Å². The number of rotatable bonds is 5. The Kier molecular flexibility index (Phi) is 5.97. The van der Waals surface area contributed by atoms with Gasteiger partial charge in [0.1, 0.15) is 0 Å². The summed E-state index contributed by atoms with van der Waals surface area (Å²) in [6.45, 7) is 6.15. The minimum absolute atomic E-state index is 0.0159. The summed E-state index contributed by atoms with van der Waals surface area (Å²) in [5.74, 6) is -0.0313. The molecule has 1 heterocycles. The van der Waals surface area contributed by atoms with E-state index in [0.717, 1.165) is 25.8 Å². The molecule has 0 saturated carbocycles. The summed E-state index contributed by atoms with van der Waals surface area (Å²) in [5.41, 5.74) is 0. The van der Waals surface area contributed by atoms with Crippen LogP contribution in [0.2, 0.25) is 0 Å². The van der Waals surface area contributed by atoms with Gasteiger partial charge in [0.2, 0.25) is 11.8 Å². The van der Waals surface area contributed by atoms with E-state index in [9.17, 15) is 9.59 Å². The fraction of sp³-hybridized carbons (Fsp3) is 0.833.